The molecular weight excluding hydrogens is 365 g/mol. The Balaban J connectivity index is 1.54. The maximum absolute atomic E-state index is 15.0. The zero-order chi connectivity index (χ0) is 18.8. The Morgan fingerprint density at radius 1 is 1.04 bits per heavy atom. The van der Waals surface area contributed by atoms with Crippen LogP contribution in [0.25, 0.3) is 0 Å². The summed E-state index contributed by atoms with van der Waals surface area (Å²) >= 11 is 6.20. The summed E-state index contributed by atoms with van der Waals surface area (Å²) in [7, 11) is 1.47. The van der Waals surface area contributed by atoms with Crippen molar-refractivity contribution in [2.24, 2.45) is 5.41 Å². The van der Waals surface area contributed by atoms with Crippen LogP contribution in [-0.4, -0.2) is 29.9 Å². The molecule has 26 heavy (non-hydrogen) atoms. The first-order valence-corrected chi connectivity index (χ1v) is 9.39. The van der Waals surface area contributed by atoms with Crippen molar-refractivity contribution in [2.45, 2.75) is 68.4 Å². The number of hydrogen-bond donors (Lipinski definition) is 0. The highest BCUT2D eigenvalue weighted by molar-refractivity contribution is 6.35. The first-order valence-electron chi connectivity index (χ1n) is 9.02. The van der Waals surface area contributed by atoms with E-state index in [0.717, 1.165) is 0 Å². The van der Waals surface area contributed by atoms with Crippen LogP contribution < -0.4 is 4.74 Å². The van der Waals surface area contributed by atoms with Gasteiger partial charge < -0.3 is 4.74 Å². The number of methoxy groups -OCH3 is 1. The van der Waals surface area contributed by atoms with Gasteiger partial charge in [-0.25, -0.2) is 13.2 Å². The molecule has 0 unspecified atom stereocenters. The Hall–Kier alpha value is -1.23. The monoisotopic (exact) mass is 386 g/mol. The molecule has 1 aromatic rings. The fourth-order valence-corrected chi connectivity index (χ4v) is 6.44. The maximum atomic E-state index is 15.0. The third kappa shape index (κ3) is 2.92. The van der Waals surface area contributed by atoms with Gasteiger partial charge in [-0.05, 0) is 43.2 Å². The number of ketones is 1. The largest absolute Gasteiger partial charge is 0.495 e. The zero-order valence-electron chi connectivity index (χ0n) is 14.7. The highest BCUT2D eigenvalue weighted by Gasteiger charge is 2.70. The van der Waals surface area contributed by atoms with Crippen molar-refractivity contribution < 1.29 is 22.7 Å². The molecule has 0 aliphatic heterocycles. The second-order valence-electron chi connectivity index (χ2n) is 8.76. The average molecular weight is 387 g/mol. The van der Waals surface area contributed by atoms with Gasteiger partial charge in [-0.15, -0.1) is 0 Å². The number of Topliss-reactive ketones (excluding diaryl/α,β-unsaturated/α-hetero) is 1. The van der Waals surface area contributed by atoms with E-state index in [9.17, 15) is 4.79 Å². The third-order valence-electron chi connectivity index (χ3n) is 6.34. The molecule has 4 aliphatic rings. The van der Waals surface area contributed by atoms with Crippen molar-refractivity contribution >= 4 is 17.4 Å². The lowest BCUT2D eigenvalue weighted by Gasteiger charge is -2.63. The first-order chi connectivity index (χ1) is 12.1. The predicted octanol–water partition coefficient (Wildman–Crippen LogP) is 5.80. The number of carbonyl (C=O) groups excluding carboxylic acids is 1. The van der Waals surface area contributed by atoms with Crippen LogP contribution in [-0.2, 0) is 0 Å². The summed E-state index contributed by atoms with van der Waals surface area (Å²) in [4.78, 5) is 12.6. The summed E-state index contributed by atoms with van der Waals surface area (Å²) in [5.41, 5.74) is -5.80. The van der Waals surface area contributed by atoms with E-state index >= 15 is 13.2 Å². The van der Waals surface area contributed by atoms with E-state index in [1.54, 1.807) is 18.2 Å². The van der Waals surface area contributed by atoms with Crippen LogP contribution in [0.5, 0.6) is 5.75 Å². The summed E-state index contributed by atoms with van der Waals surface area (Å²) in [6.45, 7) is 0. The van der Waals surface area contributed by atoms with Crippen LogP contribution in [0, 0.1) is 5.41 Å². The molecule has 0 saturated heterocycles. The van der Waals surface area contributed by atoms with Gasteiger partial charge in [0.05, 0.1) is 12.1 Å². The molecule has 4 fully saturated rings. The van der Waals surface area contributed by atoms with Gasteiger partial charge in [0.2, 0.25) is 0 Å². The molecule has 4 aliphatic carbocycles. The van der Waals surface area contributed by atoms with E-state index in [1.165, 1.54) is 7.11 Å². The molecule has 4 bridgehead atoms. The highest BCUT2D eigenvalue weighted by atomic mass is 35.5. The molecule has 0 aromatic heterocycles. The summed E-state index contributed by atoms with van der Waals surface area (Å²) in [6, 6.07) is 4.94. The maximum Gasteiger partial charge on any atom is 0.164 e. The van der Waals surface area contributed by atoms with E-state index in [1.807, 2.05) is 0 Å². The summed E-state index contributed by atoms with van der Waals surface area (Å²) in [6.07, 6.45) is 0.204. The van der Waals surface area contributed by atoms with Crippen LogP contribution in [0.4, 0.5) is 13.2 Å². The lowest BCUT2D eigenvalue weighted by molar-refractivity contribution is -0.217. The number of hydrogen-bond acceptors (Lipinski definition) is 2. The van der Waals surface area contributed by atoms with Crippen molar-refractivity contribution in [3.63, 3.8) is 0 Å². The first kappa shape index (κ1) is 18.1. The SMILES string of the molecule is COc1cccc(C(=O)CCC23CC4(F)CC(F)(CC(F)(C4)C2)C3)c1Cl. The Morgan fingerprint density at radius 3 is 2.08 bits per heavy atom. The average Bonchev–Trinajstić information content (AvgIpc) is 2.48. The van der Waals surface area contributed by atoms with Crippen LogP contribution >= 0.6 is 11.6 Å². The highest BCUT2D eigenvalue weighted by Crippen LogP contribution is 2.69. The Kier molecular flexibility index (Phi) is 3.93. The predicted molar refractivity (Wildman–Crippen MR) is 93.2 cm³/mol. The summed E-state index contributed by atoms with van der Waals surface area (Å²) in [5.74, 6) is 0.193. The van der Waals surface area contributed by atoms with Gasteiger partial charge in [-0.2, -0.15) is 0 Å². The van der Waals surface area contributed by atoms with Gasteiger partial charge in [0.25, 0.3) is 0 Å². The van der Waals surface area contributed by atoms with Crippen molar-refractivity contribution in [2.75, 3.05) is 7.11 Å². The van der Waals surface area contributed by atoms with E-state index in [4.69, 9.17) is 16.3 Å². The van der Waals surface area contributed by atoms with Gasteiger partial charge >= 0.3 is 0 Å². The molecule has 1 aromatic carbocycles. The molecule has 0 amide bonds. The summed E-state index contributed by atoms with van der Waals surface area (Å²) < 4.78 is 50.2. The smallest absolute Gasteiger partial charge is 0.164 e. The lowest BCUT2D eigenvalue weighted by Crippen LogP contribution is -2.65. The van der Waals surface area contributed by atoms with Crippen molar-refractivity contribution in [1.82, 2.24) is 0 Å². The fourth-order valence-electron chi connectivity index (χ4n) is 6.13. The number of halogens is 4. The molecule has 0 atom stereocenters. The number of ether oxygens (including phenoxy) is 1. The molecule has 6 heteroatoms. The number of alkyl halides is 3. The minimum atomic E-state index is -1.78. The standard InChI is InChI=1S/C20H22ClF3O2/c1-26-15-4-2-3-13(16(15)21)14(25)5-6-17-7-18(22)10-19(23,8-17)12-20(24,9-17)11-18/h2-4H,5-12H2,1H3. The molecular formula is C20H22ClF3O2. The van der Waals surface area contributed by atoms with Crippen molar-refractivity contribution in [3.05, 3.63) is 28.8 Å². The summed E-state index contributed by atoms with van der Waals surface area (Å²) in [5, 5.41) is 0.233. The molecule has 0 radical (unpaired) electrons. The van der Waals surface area contributed by atoms with Gasteiger partial charge in [0, 0.05) is 31.2 Å². The zero-order valence-corrected chi connectivity index (χ0v) is 15.5. The number of rotatable bonds is 5. The molecule has 5 rings (SSSR count). The molecule has 4 saturated carbocycles. The molecule has 0 N–H and O–H groups in total. The Bertz CT molecular complexity index is 712. The van der Waals surface area contributed by atoms with Crippen molar-refractivity contribution in [1.29, 1.82) is 0 Å². The van der Waals surface area contributed by atoms with E-state index < -0.39 is 22.4 Å². The molecule has 0 heterocycles. The molecule has 2 nitrogen and oxygen atoms in total. The second kappa shape index (κ2) is 5.63. The minimum Gasteiger partial charge on any atom is -0.495 e. The topological polar surface area (TPSA) is 26.3 Å². The van der Waals surface area contributed by atoms with Crippen LogP contribution in [0.2, 0.25) is 5.02 Å². The number of benzene rings is 1. The van der Waals surface area contributed by atoms with Gasteiger partial charge in [-0.3, -0.25) is 4.79 Å². The van der Waals surface area contributed by atoms with Crippen LogP contribution in [0.1, 0.15) is 61.7 Å². The van der Waals surface area contributed by atoms with Gasteiger partial charge in [-0.1, -0.05) is 17.7 Å². The van der Waals surface area contributed by atoms with E-state index in [-0.39, 0.29) is 62.2 Å². The second-order valence-corrected chi connectivity index (χ2v) is 9.14. The fraction of sp³-hybridized carbons (Fsp3) is 0.650. The van der Waals surface area contributed by atoms with E-state index in [0.29, 0.717) is 11.3 Å². The minimum absolute atomic E-state index is 0.0924. The Labute approximate surface area is 156 Å². The van der Waals surface area contributed by atoms with E-state index in [2.05, 4.69) is 0 Å². The van der Waals surface area contributed by atoms with Crippen LogP contribution in [0.3, 0.4) is 0 Å². The quantitative estimate of drug-likeness (QED) is 0.597. The normalized spacial score (nSPS) is 40.7. The number of carbonyl (C=O) groups is 1. The lowest BCUT2D eigenvalue weighted by atomic mass is 9.45. The Morgan fingerprint density at radius 2 is 1.58 bits per heavy atom. The van der Waals surface area contributed by atoms with Crippen LogP contribution in [0.15, 0.2) is 18.2 Å². The molecule has 142 valence electrons. The van der Waals surface area contributed by atoms with Gasteiger partial charge in [0.1, 0.15) is 22.8 Å². The molecule has 0 spiro atoms. The van der Waals surface area contributed by atoms with Crippen molar-refractivity contribution in [3.8, 4) is 5.75 Å². The van der Waals surface area contributed by atoms with Gasteiger partial charge in [0.15, 0.2) is 5.78 Å². The third-order valence-corrected chi connectivity index (χ3v) is 6.73.